The number of H-pyrrole nitrogens is 1. The van der Waals surface area contributed by atoms with E-state index in [1.165, 1.54) is 18.4 Å². The van der Waals surface area contributed by atoms with Gasteiger partial charge in [-0.05, 0) is 74.0 Å². The summed E-state index contributed by atoms with van der Waals surface area (Å²) in [5, 5.41) is 10.8. The fourth-order valence-corrected chi connectivity index (χ4v) is 5.02. The molecule has 2 heterocycles. The fourth-order valence-electron chi connectivity index (χ4n) is 5.02. The number of nitrogens with zero attached hydrogens (tertiary/aromatic N) is 1. The first-order valence-electron chi connectivity index (χ1n) is 10.3. The molecule has 1 saturated heterocycles. The molecule has 1 fully saturated rings. The molecule has 0 saturated carbocycles. The van der Waals surface area contributed by atoms with Crippen LogP contribution in [0.4, 0.5) is 0 Å². The topological polar surface area (TPSA) is 56.3 Å². The first kappa shape index (κ1) is 17.5. The van der Waals surface area contributed by atoms with E-state index in [-0.39, 0.29) is 17.5 Å². The van der Waals surface area contributed by atoms with Gasteiger partial charge in [-0.2, -0.15) is 0 Å². The first-order chi connectivity index (χ1) is 13.7. The van der Waals surface area contributed by atoms with E-state index >= 15 is 0 Å². The van der Waals surface area contributed by atoms with Crippen LogP contribution in [0.1, 0.15) is 40.9 Å². The molecule has 1 aliphatic carbocycles. The lowest BCUT2D eigenvalue weighted by Gasteiger charge is -2.33. The third-order valence-corrected chi connectivity index (χ3v) is 6.53. The van der Waals surface area contributed by atoms with Crippen molar-refractivity contribution in [1.29, 1.82) is 0 Å². The molecule has 2 N–H and O–H groups in total. The van der Waals surface area contributed by atoms with Crippen LogP contribution in [-0.2, 0) is 13.0 Å². The lowest BCUT2D eigenvalue weighted by Crippen LogP contribution is -2.34. The Morgan fingerprint density at radius 2 is 1.86 bits per heavy atom. The Morgan fingerprint density at radius 3 is 2.64 bits per heavy atom. The maximum absolute atomic E-state index is 12.9. The van der Waals surface area contributed by atoms with Gasteiger partial charge in [-0.3, -0.25) is 9.69 Å². The second-order valence-electron chi connectivity index (χ2n) is 8.41. The number of aromatic hydroxyl groups is 1. The third kappa shape index (κ3) is 3.22. The number of nitrogens with one attached hydrogen (secondary N) is 1. The van der Waals surface area contributed by atoms with Gasteiger partial charge < -0.3 is 10.1 Å². The summed E-state index contributed by atoms with van der Waals surface area (Å²) in [4.78, 5) is 18.7. The van der Waals surface area contributed by atoms with E-state index in [9.17, 15) is 9.90 Å². The molecule has 2 aliphatic rings. The van der Waals surface area contributed by atoms with Crippen LogP contribution in [0.2, 0.25) is 0 Å². The van der Waals surface area contributed by atoms with Gasteiger partial charge in [0.1, 0.15) is 5.75 Å². The molecule has 2 aromatic carbocycles. The zero-order chi connectivity index (χ0) is 19.1. The third-order valence-electron chi connectivity index (χ3n) is 6.53. The van der Waals surface area contributed by atoms with Crippen LogP contribution in [0.25, 0.3) is 10.9 Å². The zero-order valence-corrected chi connectivity index (χ0v) is 16.0. The SMILES string of the molecule is O=C1c2[nH]c3ccc(O)cc3c2CC1CC1CCN(Cc2ccccc2)CC1. The van der Waals surface area contributed by atoms with Gasteiger partial charge >= 0.3 is 0 Å². The highest BCUT2D eigenvalue weighted by Gasteiger charge is 2.35. The van der Waals surface area contributed by atoms with E-state index in [1.807, 2.05) is 6.07 Å². The number of phenolic OH excluding ortho intramolecular Hbond substituents is 1. The van der Waals surface area contributed by atoms with Gasteiger partial charge in [-0.25, -0.2) is 0 Å². The monoisotopic (exact) mass is 374 g/mol. The van der Waals surface area contributed by atoms with Crippen molar-refractivity contribution in [3.05, 3.63) is 65.4 Å². The molecule has 0 bridgehead atoms. The fraction of sp³-hybridized carbons (Fsp3) is 0.375. The number of aromatic amines is 1. The number of phenols is 1. The average Bonchev–Trinajstić information content (AvgIpc) is 3.21. The number of Topliss-reactive ketones (excluding diaryl/α,β-unsaturated/α-hetero) is 1. The zero-order valence-electron chi connectivity index (χ0n) is 16.0. The second kappa shape index (κ2) is 7.10. The van der Waals surface area contributed by atoms with Crippen molar-refractivity contribution in [3.63, 3.8) is 0 Å². The van der Waals surface area contributed by atoms with Crippen LogP contribution < -0.4 is 0 Å². The minimum Gasteiger partial charge on any atom is -0.508 e. The van der Waals surface area contributed by atoms with Crippen molar-refractivity contribution < 1.29 is 9.90 Å². The standard InChI is InChI=1S/C24H26N2O2/c27-19-6-7-22-20(14-19)21-13-18(24(28)23(21)25-22)12-16-8-10-26(11-9-16)15-17-4-2-1-3-5-17/h1-7,14,16,18,25,27H,8-13,15H2. The normalized spacial score (nSPS) is 20.7. The molecule has 28 heavy (non-hydrogen) atoms. The molecule has 4 heteroatoms. The van der Waals surface area contributed by atoms with Gasteiger partial charge in [-0.1, -0.05) is 30.3 Å². The van der Waals surface area contributed by atoms with E-state index in [0.717, 1.165) is 54.6 Å². The lowest BCUT2D eigenvalue weighted by atomic mass is 9.85. The highest BCUT2D eigenvalue weighted by Crippen LogP contribution is 2.38. The molecule has 4 nitrogen and oxygen atoms in total. The smallest absolute Gasteiger partial charge is 0.182 e. The Morgan fingerprint density at radius 1 is 1.07 bits per heavy atom. The van der Waals surface area contributed by atoms with Crippen LogP contribution >= 0.6 is 0 Å². The molecule has 3 aromatic rings. The van der Waals surface area contributed by atoms with Gasteiger partial charge in [0.2, 0.25) is 0 Å². The number of rotatable bonds is 4. The summed E-state index contributed by atoms with van der Waals surface area (Å²) in [5.41, 5.74) is 4.19. The van der Waals surface area contributed by atoms with E-state index in [0.29, 0.717) is 5.92 Å². The molecule has 0 radical (unpaired) electrons. The van der Waals surface area contributed by atoms with Crippen molar-refractivity contribution in [2.45, 2.75) is 32.2 Å². The van der Waals surface area contributed by atoms with Crippen molar-refractivity contribution in [1.82, 2.24) is 9.88 Å². The number of aromatic nitrogens is 1. The quantitative estimate of drug-likeness (QED) is 0.705. The summed E-state index contributed by atoms with van der Waals surface area (Å²) < 4.78 is 0. The number of piperidine rings is 1. The van der Waals surface area contributed by atoms with Crippen LogP contribution in [0.15, 0.2) is 48.5 Å². The van der Waals surface area contributed by atoms with Crippen molar-refractivity contribution >= 4 is 16.7 Å². The number of hydrogen-bond acceptors (Lipinski definition) is 3. The molecular formula is C24H26N2O2. The first-order valence-corrected chi connectivity index (χ1v) is 10.3. The van der Waals surface area contributed by atoms with Crippen molar-refractivity contribution in [3.8, 4) is 5.75 Å². The average molecular weight is 374 g/mol. The van der Waals surface area contributed by atoms with Crippen molar-refractivity contribution in [2.24, 2.45) is 11.8 Å². The van der Waals surface area contributed by atoms with Gasteiger partial charge in [0.05, 0.1) is 5.69 Å². The largest absolute Gasteiger partial charge is 0.508 e. The van der Waals surface area contributed by atoms with Gasteiger partial charge in [0.15, 0.2) is 5.78 Å². The van der Waals surface area contributed by atoms with Crippen LogP contribution in [0.5, 0.6) is 5.75 Å². The molecule has 1 atom stereocenters. The molecule has 1 aromatic heterocycles. The van der Waals surface area contributed by atoms with Gasteiger partial charge in [-0.15, -0.1) is 0 Å². The highest BCUT2D eigenvalue weighted by atomic mass is 16.3. The van der Waals surface area contributed by atoms with Gasteiger partial charge in [0, 0.05) is 23.4 Å². The van der Waals surface area contributed by atoms with Gasteiger partial charge in [0.25, 0.3) is 0 Å². The number of ketones is 1. The predicted molar refractivity (Wildman–Crippen MR) is 111 cm³/mol. The second-order valence-corrected chi connectivity index (χ2v) is 8.41. The number of benzene rings is 2. The maximum atomic E-state index is 12.9. The number of carbonyl (C=O) groups is 1. The van der Waals surface area contributed by atoms with E-state index in [1.54, 1.807) is 12.1 Å². The maximum Gasteiger partial charge on any atom is 0.182 e. The molecule has 1 unspecified atom stereocenters. The number of carbonyl (C=O) groups excluding carboxylic acids is 1. The minimum atomic E-state index is 0.0960. The van der Waals surface area contributed by atoms with Crippen LogP contribution in [0, 0.1) is 11.8 Å². The molecule has 144 valence electrons. The Kier molecular flexibility index (Phi) is 4.44. The minimum absolute atomic E-state index is 0.0960. The van der Waals surface area contributed by atoms with Crippen LogP contribution in [-0.4, -0.2) is 33.9 Å². The van der Waals surface area contributed by atoms with Crippen molar-refractivity contribution in [2.75, 3.05) is 13.1 Å². The summed E-state index contributed by atoms with van der Waals surface area (Å²) >= 11 is 0. The Labute approximate surface area is 165 Å². The predicted octanol–water partition coefficient (Wildman–Crippen LogP) is 4.53. The molecule has 0 spiro atoms. The molecule has 5 rings (SSSR count). The number of likely N-dealkylation sites (tertiary alicyclic amines) is 1. The Bertz CT molecular complexity index is 1000. The molecular weight excluding hydrogens is 348 g/mol. The molecule has 1 aliphatic heterocycles. The summed E-state index contributed by atoms with van der Waals surface area (Å²) in [5.74, 6) is 1.25. The lowest BCUT2D eigenvalue weighted by molar-refractivity contribution is 0.0892. The van der Waals surface area contributed by atoms with E-state index < -0.39 is 0 Å². The summed E-state index contributed by atoms with van der Waals surface area (Å²) in [7, 11) is 0. The number of fused-ring (bicyclic) bond motifs is 3. The van der Waals surface area contributed by atoms with E-state index in [4.69, 9.17) is 0 Å². The Hall–Kier alpha value is -2.59. The Balaban J connectivity index is 1.21. The summed E-state index contributed by atoms with van der Waals surface area (Å²) in [6, 6.07) is 16.0. The molecule has 0 amide bonds. The summed E-state index contributed by atoms with van der Waals surface area (Å²) in [6.45, 7) is 3.25. The van der Waals surface area contributed by atoms with E-state index in [2.05, 4.69) is 40.2 Å². The summed E-state index contributed by atoms with van der Waals surface area (Å²) in [6.07, 6.45) is 4.14. The highest BCUT2D eigenvalue weighted by molar-refractivity contribution is 6.07. The van der Waals surface area contributed by atoms with Crippen LogP contribution in [0.3, 0.4) is 0 Å². The number of hydrogen-bond donors (Lipinski definition) is 2.